The highest BCUT2D eigenvalue weighted by molar-refractivity contribution is 7.86. The first kappa shape index (κ1) is 10.7. The Labute approximate surface area is 80.0 Å². The van der Waals surface area contributed by atoms with Gasteiger partial charge in [-0.25, -0.2) is 0 Å². The smallest absolute Gasteiger partial charge is 0.195 e. The van der Waals surface area contributed by atoms with E-state index in [4.69, 9.17) is 0 Å². The number of rotatable bonds is 3. The zero-order valence-electron chi connectivity index (χ0n) is 8.10. The molecular weight excluding hydrogens is 188 g/mol. The molecule has 0 aromatic rings. The van der Waals surface area contributed by atoms with Crippen LogP contribution in [0.4, 0.5) is 0 Å². The first-order chi connectivity index (χ1) is 6.09. The van der Waals surface area contributed by atoms with E-state index in [1.807, 2.05) is 19.1 Å². The first-order valence-corrected chi connectivity index (χ1v) is 5.85. The molecule has 0 saturated carbocycles. The monoisotopic (exact) mass is 204 g/mol. The lowest BCUT2D eigenvalue weighted by Gasteiger charge is -2.27. The van der Waals surface area contributed by atoms with Gasteiger partial charge in [-0.05, 0) is 6.42 Å². The van der Waals surface area contributed by atoms with Gasteiger partial charge in [-0.2, -0.15) is 17.0 Å². The van der Waals surface area contributed by atoms with Gasteiger partial charge in [-0.1, -0.05) is 19.1 Å². The molecule has 0 spiro atoms. The third-order valence-corrected chi connectivity index (χ3v) is 4.22. The van der Waals surface area contributed by atoms with Crippen molar-refractivity contribution in [3.05, 3.63) is 12.2 Å². The van der Waals surface area contributed by atoms with E-state index in [-0.39, 0.29) is 0 Å². The van der Waals surface area contributed by atoms with Gasteiger partial charge in [0.25, 0.3) is 10.2 Å². The predicted molar refractivity (Wildman–Crippen MR) is 52.6 cm³/mol. The average Bonchev–Trinajstić information content (AvgIpc) is 2.18. The van der Waals surface area contributed by atoms with Crippen LogP contribution in [0, 0.1) is 0 Å². The van der Waals surface area contributed by atoms with Crippen LogP contribution in [-0.2, 0) is 10.2 Å². The standard InChI is InChI=1S/C8H16N2O2S/c1-3-9(2)13(11,12)10-7-5-4-6-8-10/h4-5H,3,6-8H2,1-2H3. The third kappa shape index (κ3) is 2.30. The zero-order valence-corrected chi connectivity index (χ0v) is 8.92. The summed E-state index contributed by atoms with van der Waals surface area (Å²) in [6.45, 7) is 3.45. The molecule has 0 bridgehead atoms. The fourth-order valence-corrected chi connectivity index (χ4v) is 2.52. The Balaban J connectivity index is 2.74. The molecular formula is C8H16N2O2S. The van der Waals surface area contributed by atoms with Crippen LogP contribution in [0.25, 0.3) is 0 Å². The van der Waals surface area contributed by atoms with Crippen molar-refractivity contribution in [3.8, 4) is 0 Å². The van der Waals surface area contributed by atoms with Crippen LogP contribution < -0.4 is 0 Å². The fraction of sp³-hybridized carbons (Fsp3) is 0.750. The van der Waals surface area contributed by atoms with Gasteiger partial charge < -0.3 is 0 Å². The molecule has 1 heterocycles. The van der Waals surface area contributed by atoms with Crippen LogP contribution in [0.5, 0.6) is 0 Å². The molecule has 76 valence electrons. The van der Waals surface area contributed by atoms with E-state index >= 15 is 0 Å². The van der Waals surface area contributed by atoms with Crippen LogP contribution >= 0.6 is 0 Å². The lowest BCUT2D eigenvalue weighted by atomic mass is 10.3. The van der Waals surface area contributed by atoms with Gasteiger partial charge in [-0.15, -0.1) is 0 Å². The van der Waals surface area contributed by atoms with E-state index in [0.717, 1.165) is 6.42 Å². The van der Waals surface area contributed by atoms with Gasteiger partial charge in [0.1, 0.15) is 0 Å². The van der Waals surface area contributed by atoms with E-state index in [1.165, 1.54) is 8.61 Å². The maximum Gasteiger partial charge on any atom is 0.282 e. The quantitative estimate of drug-likeness (QED) is 0.626. The molecule has 0 fully saturated rings. The molecule has 1 aliphatic rings. The van der Waals surface area contributed by atoms with Gasteiger partial charge in [0.2, 0.25) is 0 Å². The first-order valence-electron chi connectivity index (χ1n) is 4.45. The summed E-state index contributed by atoms with van der Waals surface area (Å²) in [5, 5.41) is 0. The summed E-state index contributed by atoms with van der Waals surface area (Å²) in [6, 6.07) is 0. The Morgan fingerprint density at radius 3 is 2.62 bits per heavy atom. The zero-order chi connectivity index (χ0) is 9.90. The van der Waals surface area contributed by atoms with E-state index in [0.29, 0.717) is 19.6 Å². The molecule has 0 saturated heterocycles. The molecule has 0 N–H and O–H groups in total. The maximum atomic E-state index is 11.7. The Bertz CT molecular complexity index is 285. The lowest BCUT2D eigenvalue weighted by Crippen LogP contribution is -2.43. The summed E-state index contributed by atoms with van der Waals surface area (Å²) >= 11 is 0. The second kappa shape index (κ2) is 4.21. The molecule has 0 aromatic carbocycles. The van der Waals surface area contributed by atoms with Gasteiger partial charge in [0.15, 0.2) is 0 Å². The summed E-state index contributed by atoms with van der Waals surface area (Å²) in [4.78, 5) is 0. The van der Waals surface area contributed by atoms with Crippen LogP contribution in [0.2, 0.25) is 0 Å². The molecule has 0 unspecified atom stereocenters. The third-order valence-electron chi connectivity index (χ3n) is 2.19. The SMILES string of the molecule is CCN(C)S(=O)(=O)N1CC=CCC1. The normalized spacial score (nSPS) is 19.6. The van der Waals surface area contributed by atoms with Gasteiger partial charge in [-0.3, -0.25) is 0 Å². The molecule has 13 heavy (non-hydrogen) atoms. The molecule has 4 nitrogen and oxygen atoms in total. The average molecular weight is 204 g/mol. The van der Waals surface area contributed by atoms with Crippen molar-refractivity contribution >= 4 is 10.2 Å². The number of hydrogen-bond donors (Lipinski definition) is 0. The van der Waals surface area contributed by atoms with Crippen molar-refractivity contribution in [1.29, 1.82) is 0 Å². The van der Waals surface area contributed by atoms with Crippen molar-refractivity contribution in [2.75, 3.05) is 26.7 Å². The molecule has 0 aromatic heterocycles. The second-order valence-electron chi connectivity index (χ2n) is 3.04. The van der Waals surface area contributed by atoms with E-state index < -0.39 is 10.2 Å². The second-order valence-corrected chi connectivity index (χ2v) is 5.08. The molecule has 1 rings (SSSR count). The minimum atomic E-state index is -3.20. The molecule has 1 aliphatic heterocycles. The summed E-state index contributed by atoms with van der Waals surface area (Å²) in [7, 11) is -1.59. The van der Waals surface area contributed by atoms with Crippen molar-refractivity contribution in [1.82, 2.24) is 8.61 Å². The minimum Gasteiger partial charge on any atom is -0.195 e. The van der Waals surface area contributed by atoms with Crippen molar-refractivity contribution in [3.63, 3.8) is 0 Å². The minimum absolute atomic E-state index is 0.507. The van der Waals surface area contributed by atoms with Gasteiger partial charge >= 0.3 is 0 Å². The van der Waals surface area contributed by atoms with E-state index in [2.05, 4.69) is 0 Å². The van der Waals surface area contributed by atoms with Crippen molar-refractivity contribution < 1.29 is 8.42 Å². The highest BCUT2D eigenvalue weighted by Gasteiger charge is 2.25. The fourth-order valence-electron chi connectivity index (χ4n) is 1.19. The van der Waals surface area contributed by atoms with E-state index in [9.17, 15) is 8.42 Å². The molecule has 0 aliphatic carbocycles. The highest BCUT2D eigenvalue weighted by atomic mass is 32.2. The summed E-state index contributed by atoms with van der Waals surface area (Å²) in [6.07, 6.45) is 4.72. The Kier molecular flexibility index (Phi) is 3.47. The maximum absolute atomic E-state index is 11.7. The molecule has 5 heteroatoms. The van der Waals surface area contributed by atoms with Crippen LogP contribution in [0.1, 0.15) is 13.3 Å². The summed E-state index contributed by atoms with van der Waals surface area (Å²) in [5.41, 5.74) is 0. The lowest BCUT2D eigenvalue weighted by molar-refractivity contribution is 0.380. The Morgan fingerprint density at radius 1 is 1.46 bits per heavy atom. The summed E-state index contributed by atoms with van der Waals surface area (Å²) in [5.74, 6) is 0. The topological polar surface area (TPSA) is 40.6 Å². The number of nitrogens with zero attached hydrogens (tertiary/aromatic N) is 2. The molecule has 0 amide bonds. The van der Waals surface area contributed by atoms with Gasteiger partial charge in [0, 0.05) is 26.7 Å². The van der Waals surface area contributed by atoms with E-state index in [1.54, 1.807) is 7.05 Å². The van der Waals surface area contributed by atoms with Crippen molar-refractivity contribution in [2.24, 2.45) is 0 Å². The predicted octanol–water partition coefficient (Wildman–Crippen LogP) is 0.445. The Hall–Kier alpha value is -0.390. The Morgan fingerprint density at radius 2 is 2.15 bits per heavy atom. The molecule has 0 radical (unpaired) electrons. The number of hydrogen-bond acceptors (Lipinski definition) is 2. The molecule has 0 atom stereocenters. The van der Waals surface area contributed by atoms with Crippen LogP contribution in [-0.4, -0.2) is 43.7 Å². The van der Waals surface area contributed by atoms with Crippen LogP contribution in [0.3, 0.4) is 0 Å². The largest absolute Gasteiger partial charge is 0.282 e. The van der Waals surface area contributed by atoms with Crippen molar-refractivity contribution in [2.45, 2.75) is 13.3 Å². The van der Waals surface area contributed by atoms with Crippen LogP contribution in [0.15, 0.2) is 12.2 Å². The highest BCUT2D eigenvalue weighted by Crippen LogP contribution is 2.10. The van der Waals surface area contributed by atoms with Gasteiger partial charge in [0.05, 0.1) is 0 Å². The summed E-state index contributed by atoms with van der Waals surface area (Å²) < 4.78 is 26.3.